The summed E-state index contributed by atoms with van der Waals surface area (Å²) in [6.07, 6.45) is 3.74. The Morgan fingerprint density at radius 2 is 2.06 bits per heavy atom. The van der Waals surface area contributed by atoms with Crippen molar-refractivity contribution in [3.63, 3.8) is 0 Å². The number of hydrogen-bond acceptors (Lipinski definition) is 1. The van der Waals surface area contributed by atoms with Gasteiger partial charge >= 0.3 is 0 Å². The summed E-state index contributed by atoms with van der Waals surface area (Å²) in [7, 11) is -1.35. The minimum absolute atomic E-state index is 0.311. The summed E-state index contributed by atoms with van der Waals surface area (Å²) in [4.78, 5) is 0. The third kappa shape index (κ3) is 3.25. The molecule has 0 radical (unpaired) electrons. The molecule has 98 valence electrons. The van der Waals surface area contributed by atoms with Crippen LogP contribution in [-0.4, -0.2) is 15.2 Å². The largest absolute Gasteiger partial charge is 0.234 e. The molecule has 0 unspecified atom stereocenters. The maximum Gasteiger partial charge on any atom is 0.144 e. The molecule has 0 aliphatic heterocycles. The summed E-state index contributed by atoms with van der Waals surface area (Å²) >= 11 is 0. The lowest BCUT2D eigenvalue weighted by atomic mass is 10.1. The van der Waals surface area contributed by atoms with Crippen LogP contribution >= 0.6 is 0 Å². The lowest BCUT2D eigenvalue weighted by molar-refractivity contribution is 0.625. The van der Waals surface area contributed by atoms with Gasteiger partial charge in [-0.3, -0.25) is 0 Å². The van der Waals surface area contributed by atoms with E-state index in [1.807, 2.05) is 32.9 Å². The second kappa shape index (κ2) is 4.92. The van der Waals surface area contributed by atoms with Crippen molar-refractivity contribution in [3.05, 3.63) is 35.1 Å². The standard InChI is InChI=1S/C14H18FNOS/c1-14(2,3)18(17)16-9-12-8-11(10-4-5-10)6-7-13(12)15/h6-10H,4-5H2,1-3H3/b16-9+/t18-/m1/s1. The number of rotatable bonds is 3. The van der Waals surface area contributed by atoms with Gasteiger partial charge in [-0.05, 0) is 57.2 Å². The lowest BCUT2D eigenvalue weighted by Gasteiger charge is -2.12. The van der Waals surface area contributed by atoms with Gasteiger partial charge in [-0.25, -0.2) is 8.60 Å². The van der Waals surface area contributed by atoms with Gasteiger partial charge in [-0.2, -0.15) is 4.40 Å². The van der Waals surface area contributed by atoms with E-state index in [0.29, 0.717) is 11.5 Å². The molecule has 0 bridgehead atoms. The first-order chi connectivity index (χ1) is 8.38. The van der Waals surface area contributed by atoms with Crippen LogP contribution in [0, 0.1) is 5.82 Å². The number of halogens is 1. The van der Waals surface area contributed by atoms with E-state index in [1.54, 1.807) is 0 Å². The molecule has 0 heterocycles. The van der Waals surface area contributed by atoms with Crippen molar-refractivity contribution in [2.45, 2.75) is 44.3 Å². The minimum atomic E-state index is -1.35. The van der Waals surface area contributed by atoms with E-state index in [4.69, 9.17) is 0 Å². The SMILES string of the molecule is CC(C)(C)[S@@](=O)/N=C/c1cc(C2CC2)ccc1F. The fraction of sp³-hybridized carbons (Fsp3) is 0.500. The van der Waals surface area contributed by atoms with Crippen LogP contribution in [0.15, 0.2) is 22.6 Å². The number of hydrogen-bond donors (Lipinski definition) is 0. The Kier molecular flexibility index (Phi) is 3.66. The predicted molar refractivity (Wildman–Crippen MR) is 73.9 cm³/mol. The van der Waals surface area contributed by atoms with E-state index < -0.39 is 15.7 Å². The summed E-state index contributed by atoms with van der Waals surface area (Å²) < 4.78 is 28.9. The van der Waals surface area contributed by atoms with Crippen LogP contribution in [0.25, 0.3) is 0 Å². The Balaban J connectivity index is 2.20. The average Bonchev–Trinajstić information content (AvgIpc) is 3.10. The molecule has 18 heavy (non-hydrogen) atoms. The zero-order valence-electron chi connectivity index (χ0n) is 10.9. The smallest absolute Gasteiger partial charge is 0.144 e. The second-order valence-electron chi connectivity index (χ2n) is 5.65. The van der Waals surface area contributed by atoms with Crippen molar-refractivity contribution in [3.8, 4) is 0 Å². The predicted octanol–water partition coefficient (Wildman–Crippen LogP) is 3.58. The molecule has 1 aliphatic carbocycles. The molecule has 0 N–H and O–H groups in total. The second-order valence-corrected chi connectivity index (χ2v) is 7.59. The monoisotopic (exact) mass is 267 g/mol. The Morgan fingerprint density at radius 1 is 1.39 bits per heavy atom. The highest BCUT2D eigenvalue weighted by Gasteiger charge is 2.24. The molecular weight excluding hydrogens is 249 g/mol. The van der Waals surface area contributed by atoms with E-state index >= 15 is 0 Å². The molecule has 1 aromatic carbocycles. The van der Waals surface area contributed by atoms with Crippen LogP contribution in [0.4, 0.5) is 4.39 Å². The Hall–Kier alpha value is -1.03. The van der Waals surface area contributed by atoms with Crippen LogP contribution < -0.4 is 0 Å². The summed E-state index contributed by atoms with van der Waals surface area (Å²) in [6, 6.07) is 5.11. The summed E-state index contributed by atoms with van der Waals surface area (Å²) in [5.74, 6) is 0.264. The molecule has 2 nitrogen and oxygen atoms in total. The molecule has 0 aromatic heterocycles. The van der Waals surface area contributed by atoms with Crippen molar-refractivity contribution in [1.29, 1.82) is 0 Å². The fourth-order valence-corrected chi connectivity index (χ4v) is 2.12. The van der Waals surface area contributed by atoms with Gasteiger partial charge in [0.1, 0.15) is 16.8 Å². The van der Waals surface area contributed by atoms with E-state index in [-0.39, 0.29) is 5.82 Å². The molecule has 4 heteroatoms. The Bertz CT molecular complexity index is 501. The first-order valence-electron chi connectivity index (χ1n) is 6.13. The molecular formula is C14H18FNOS. The molecule has 1 fully saturated rings. The van der Waals surface area contributed by atoms with Gasteiger partial charge in [0.2, 0.25) is 0 Å². The van der Waals surface area contributed by atoms with E-state index in [9.17, 15) is 8.60 Å². The maximum absolute atomic E-state index is 13.6. The van der Waals surface area contributed by atoms with E-state index in [0.717, 1.165) is 5.56 Å². The van der Waals surface area contributed by atoms with Crippen LogP contribution in [0.2, 0.25) is 0 Å². The van der Waals surface area contributed by atoms with Crippen LogP contribution in [0.3, 0.4) is 0 Å². The van der Waals surface area contributed by atoms with Gasteiger partial charge in [0.15, 0.2) is 0 Å². The summed E-state index contributed by atoms with van der Waals surface area (Å²) in [5.41, 5.74) is 1.58. The highest BCUT2D eigenvalue weighted by Crippen LogP contribution is 2.40. The Labute approximate surface area is 110 Å². The summed E-state index contributed by atoms with van der Waals surface area (Å²) in [5, 5.41) is 0. The lowest BCUT2D eigenvalue weighted by Crippen LogP contribution is -2.19. The topological polar surface area (TPSA) is 29.4 Å². The Morgan fingerprint density at radius 3 is 2.61 bits per heavy atom. The average molecular weight is 267 g/mol. The third-order valence-electron chi connectivity index (χ3n) is 2.88. The van der Waals surface area contributed by atoms with Crippen molar-refractivity contribution in [1.82, 2.24) is 0 Å². The van der Waals surface area contributed by atoms with E-state index in [2.05, 4.69) is 4.40 Å². The van der Waals surface area contributed by atoms with Crippen molar-refractivity contribution < 1.29 is 8.60 Å². The maximum atomic E-state index is 13.6. The van der Waals surface area contributed by atoms with Crippen molar-refractivity contribution >= 4 is 17.2 Å². The first-order valence-corrected chi connectivity index (χ1v) is 7.24. The van der Waals surface area contributed by atoms with Gasteiger partial charge < -0.3 is 0 Å². The van der Waals surface area contributed by atoms with Gasteiger partial charge in [0.05, 0.1) is 4.75 Å². The van der Waals surface area contributed by atoms with Crippen molar-refractivity contribution in [2.75, 3.05) is 0 Å². The van der Waals surface area contributed by atoms with Crippen LogP contribution in [0.5, 0.6) is 0 Å². The van der Waals surface area contributed by atoms with Crippen LogP contribution in [-0.2, 0) is 11.0 Å². The molecule has 1 atom stereocenters. The zero-order valence-corrected chi connectivity index (χ0v) is 11.8. The van der Waals surface area contributed by atoms with Gasteiger partial charge in [-0.1, -0.05) is 6.07 Å². The fourth-order valence-electron chi connectivity index (χ4n) is 1.59. The van der Waals surface area contributed by atoms with Gasteiger partial charge in [0, 0.05) is 11.8 Å². The quantitative estimate of drug-likeness (QED) is 0.770. The minimum Gasteiger partial charge on any atom is -0.234 e. The van der Waals surface area contributed by atoms with Gasteiger partial charge in [-0.15, -0.1) is 0 Å². The molecule has 0 spiro atoms. The normalized spacial score (nSPS) is 18.2. The van der Waals surface area contributed by atoms with E-state index in [1.165, 1.54) is 25.1 Å². The molecule has 0 saturated heterocycles. The highest BCUT2D eigenvalue weighted by molar-refractivity contribution is 7.85. The first kappa shape index (κ1) is 13.4. The van der Waals surface area contributed by atoms with Crippen LogP contribution in [0.1, 0.15) is 50.7 Å². The third-order valence-corrected chi connectivity index (χ3v) is 4.22. The highest BCUT2D eigenvalue weighted by atomic mass is 32.2. The zero-order chi connectivity index (χ0) is 13.3. The molecule has 0 amide bonds. The summed E-state index contributed by atoms with van der Waals surface area (Å²) in [6.45, 7) is 5.53. The molecule has 1 aliphatic rings. The number of benzene rings is 1. The molecule has 1 aromatic rings. The van der Waals surface area contributed by atoms with Crippen molar-refractivity contribution in [2.24, 2.45) is 4.40 Å². The number of nitrogens with zero attached hydrogens (tertiary/aromatic N) is 1. The molecule has 1 saturated carbocycles. The van der Waals surface area contributed by atoms with Gasteiger partial charge in [0.25, 0.3) is 0 Å². The molecule has 2 rings (SSSR count).